The van der Waals surface area contributed by atoms with E-state index in [1.54, 1.807) is 24.4 Å². The molecule has 0 amide bonds. The lowest BCUT2D eigenvalue weighted by Gasteiger charge is -2.30. The monoisotopic (exact) mass is 375 g/mol. The molecule has 1 aliphatic rings. The zero-order valence-corrected chi connectivity index (χ0v) is 15.7. The zero-order valence-electron chi connectivity index (χ0n) is 14.9. The predicted octanol–water partition coefficient (Wildman–Crippen LogP) is 2.40. The summed E-state index contributed by atoms with van der Waals surface area (Å²) in [4.78, 5) is 4.43. The Balaban J connectivity index is 1.71. The molecule has 2 aromatic rings. The van der Waals surface area contributed by atoms with Crippen molar-refractivity contribution >= 4 is 15.7 Å². The summed E-state index contributed by atoms with van der Waals surface area (Å²) in [5.41, 5.74) is 2.98. The van der Waals surface area contributed by atoms with Gasteiger partial charge < -0.3 is 10.4 Å². The minimum atomic E-state index is -3.51. The molecule has 140 valence electrons. The minimum Gasteiger partial charge on any atom is -0.396 e. The summed E-state index contributed by atoms with van der Waals surface area (Å²) in [7, 11) is -3.51. The van der Waals surface area contributed by atoms with Gasteiger partial charge in [-0.1, -0.05) is 6.07 Å². The van der Waals surface area contributed by atoms with Gasteiger partial charge >= 0.3 is 0 Å². The molecule has 0 spiro atoms. The number of anilines is 1. The van der Waals surface area contributed by atoms with Crippen LogP contribution in [0.15, 0.2) is 47.6 Å². The highest BCUT2D eigenvalue weighted by molar-refractivity contribution is 7.89. The van der Waals surface area contributed by atoms with Crippen LogP contribution < -0.4 is 5.32 Å². The van der Waals surface area contributed by atoms with Gasteiger partial charge in [-0.05, 0) is 61.1 Å². The largest absolute Gasteiger partial charge is 0.396 e. The number of nitrogens with one attached hydrogen (secondary N) is 1. The van der Waals surface area contributed by atoms with Gasteiger partial charge in [0.2, 0.25) is 10.0 Å². The van der Waals surface area contributed by atoms with Crippen LogP contribution in [0.1, 0.15) is 24.0 Å². The highest BCUT2D eigenvalue weighted by Gasteiger charge is 2.29. The molecule has 2 heterocycles. The van der Waals surface area contributed by atoms with Gasteiger partial charge in [0.25, 0.3) is 0 Å². The first kappa shape index (κ1) is 18.8. The second-order valence-corrected chi connectivity index (χ2v) is 8.65. The third kappa shape index (κ3) is 4.23. The Hall–Kier alpha value is -1.96. The Kier molecular flexibility index (Phi) is 5.90. The van der Waals surface area contributed by atoms with Crippen LogP contribution in [0.2, 0.25) is 0 Å². The summed E-state index contributed by atoms with van der Waals surface area (Å²) in [6.45, 7) is 3.65. The second kappa shape index (κ2) is 8.16. The first-order valence-corrected chi connectivity index (χ1v) is 10.3. The number of rotatable bonds is 6. The Bertz CT molecular complexity index is 847. The molecule has 0 radical (unpaired) electrons. The van der Waals surface area contributed by atoms with Gasteiger partial charge in [0.05, 0.1) is 4.90 Å². The Morgan fingerprint density at radius 1 is 1.27 bits per heavy atom. The maximum Gasteiger partial charge on any atom is 0.243 e. The van der Waals surface area contributed by atoms with E-state index >= 15 is 0 Å². The number of piperidine rings is 1. The van der Waals surface area contributed by atoms with Gasteiger partial charge in [0, 0.05) is 44.3 Å². The average molecular weight is 375 g/mol. The Morgan fingerprint density at radius 2 is 2.04 bits per heavy atom. The molecule has 1 aromatic carbocycles. The smallest absolute Gasteiger partial charge is 0.243 e. The number of benzene rings is 1. The van der Waals surface area contributed by atoms with E-state index in [0.717, 1.165) is 16.8 Å². The fourth-order valence-corrected chi connectivity index (χ4v) is 4.64. The fourth-order valence-electron chi connectivity index (χ4n) is 3.13. The van der Waals surface area contributed by atoms with Crippen LogP contribution in [-0.4, -0.2) is 42.5 Å². The number of pyridine rings is 1. The summed E-state index contributed by atoms with van der Waals surface area (Å²) in [5.74, 6) is 0.206. The molecule has 0 aliphatic carbocycles. The highest BCUT2D eigenvalue weighted by atomic mass is 32.2. The number of nitrogens with zero attached hydrogens (tertiary/aromatic N) is 2. The molecule has 2 N–H and O–H groups in total. The van der Waals surface area contributed by atoms with Crippen molar-refractivity contribution in [2.75, 3.05) is 25.0 Å². The van der Waals surface area contributed by atoms with E-state index in [9.17, 15) is 13.5 Å². The van der Waals surface area contributed by atoms with E-state index in [4.69, 9.17) is 0 Å². The lowest BCUT2D eigenvalue weighted by atomic mass is 10.00. The van der Waals surface area contributed by atoms with Crippen molar-refractivity contribution in [3.63, 3.8) is 0 Å². The lowest BCUT2D eigenvalue weighted by molar-refractivity contribution is 0.170. The maximum absolute atomic E-state index is 12.9. The highest BCUT2D eigenvalue weighted by Crippen LogP contribution is 2.25. The van der Waals surface area contributed by atoms with Gasteiger partial charge in [0.15, 0.2) is 0 Å². The van der Waals surface area contributed by atoms with Gasteiger partial charge in [-0.15, -0.1) is 0 Å². The molecule has 6 nitrogen and oxygen atoms in total. The van der Waals surface area contributed by atoms with Crippen LogP contribution in [0, 0.1) is 12.8 Å². The number of aliphatic hydroxyl groups excluding tert-OH is 1. The van der Waals surface area contributed by atoms with Crippen LogP contribution in [-0.2, 0) is 16.6 Å². The fraction of sp³-hybridized carbons (Fsp3) is 0.421. The van der Waals surface area contributed by atoms with E-state index in [0.29, 0.717) is 37.4 Å². The predicted molar refractivity (Wildman–Crippen MR) is 101 cm³/mol. The number of hydrogen-bond donors (Lipinski definition) is 2. The standard InChI is InChI=1S/C19H25N3O3S/c1-15-5-8-20-12-17(15)13-21-18-3-2-4-19(11-18)26(24,25)22-9-6-16(14-23)7-10-22/h2-5,8,11-12,16,21,23H,6-7,9-10,13-14H2,1H3. The van der Waals surface area contributed by atoms with Crippen molar-refractivity contribution in [1.29, 1.82) is 0 Å². The van der Waals surface area contributed by atoms with Crippen molar-refractivity contribution in [3.8, 4) is 0 Å². The Labute approximate surface area is 154 Å². The molecule has 0 saturated carbocycles. The van der Waals surface area contributed by atoms with Crippen LogP contribution in [0.25, 0.3) is 0 Å². The molecule has 1 fully saturated rings. The quantitative estimate of drug-likeness (QED) is 0.810. The molecule has 7 heteroatoms. The molecular formula is C19H25N3O3S. The van der Waals surface area contributed by atoms with Crippen LogP contribution in [0.4, 0.5) is 5.69 Å². The first-order valence-electron chi connectivity index (χ1n) is 8.85. The van der Waals surface area contributed by atoms with Crippen molar-refractivity contribution in [1.82, 2.24) is 9.29 Å². The maximum atomic E-state index is 12.9. The SMILES string of the molecule is Cc1ccncc1CNc1cccc(S(=O)(=O)N2CCC(CO)CC2)c1. The van der Waals surface area contributed by atoms with Gasteiger partial charge in [-0.25, -0.2) is 8.42 Å². The number of aryl methyl sites for hydroxylation is 1. The number of aromatic nitrogens is 1. The molecule has 26 heavy (non-hydrogen) atoms. The summed E-state index contributed by atoms with van der Waals surface area (Å²) in [6, 6.07) is 8.88. The molecule has 3 rings (SSSR count). The van der Waals surface area contributed by atoms with Crippen LogP contribution in [0.5, 0.6) is 0 Å². The van der Waals surface area contributed by atoms with E-state index in [1.807, 2.05) is 25.3 Å². The van der Waals surface area contributed by atoms with E-state index in [1.165, 1.54) is 4.31 Å². The third-order valence-electron chi connectivity index (χ3n) is 4.93. The van der Waals surface area contributed by atoms with E-state index in [2.05, 4.69) is 10.3 Å². The zero-order chi connectivity index (χ0) is 18.6. The molecule has 1 aromatic heterocycles. The molecule has 0 unspecified atom stereocenters. The third-order valence-corrected chi connectivity index (χ3v) is 6.83. The second-order valence-electron chi connectivity index (χ2n) is 6.71. The summed E-state index contributed by atoms with van der Waals surface area (Å²) >= 11 is 0. The normalized spacial score (nSPS) is 16.5. The number of sulfonamides is 1. The van der Waals surface area contributed by atoms with E-state index < -0.39 is 10.0 Å². The van der Waals surface area contributed by atoms with Crippen LogP contribution >= 0.6 is 0 Å². The van der Waals surface area contributed by atoms with Gasteiger partial charge in [-0.3, -0.25) is 4.98 Å². The molecule has 1 aliphatic heterocycles. The van der Waals surface area contributed by atoms with Crippen molar-refractivity contribution in [2.45, 2.75) is 31.2 Å². The van der Waals surface area contributed by atoms with Crippen molar-refractivity contribution in [3.05, 3.63) is 53.9 Å². The Morgan fingerprint density at radius 3 is 2.73 bits per heavy atom. The minimum absolute atomic E-state index is 0.126. The summed E-state index contributed by atoms with van der Waals surface area (Å²) < 4.78 is 27.3. The van der Waals surface area contributed by atoms with Gasteiger partial charge in [-0.2, -0.15) is 4.31 Å². The molecule has 0 bridgehead atoms. The number of hydrogen-bond acceptors (Lipinski definition) is 5. The van der Waals surface area contributed by atoms with Crippen LogP contribution in [0.3, 0.4) is 0 Å². The molecular weight excluding hydrogens is 350 g/mol. The lowest BCUT2D eigenvalue weighted by Crippen LogP contribution is -2.39. The van der Waals surface area contributed by atoms with Crippen molar-refractivity contribution < 1.29 is 13.5 Å². The summed E-state index contributed by atoms with van der Waals surface area (Å²) in [5, 5.41) is 12.5. The van der Waals surface area contributed by atoms with Gasteiger partial charge in [0.1, 0.15) is 0 Å². The van der Waals surface area contributed by atoms with E-state index in [-0.39, 0.29) is 12.5 Å². The summed E-state index contributed by atoms with van der Waals surface area (Å²) in [6.07, 6.45) is 4.97. The average Bonchev–Trinajstić information content (AvgIpc) is 2.67. The first-order chi connectivity index (χ1) is 12.5. The topological polar surface area (TPSA) is 82.5 Å². The molecule has 1 saturated heterocycles. The van der Waals surface area contributed by atoms with Crippen molar-refractivity contribution in [2.24, 2.45) is 5.92 Å². The number of aliphatic hydroxyl groups is 1. The molecule has 0 atom stereocenters.